The molecule has 2 amide bonds. The van der Waals surface area contributed by atoms with Crippen LogP contribution in [0.5, 0.6) is 0 Å². The number of nitrogens with one attached hydrogen (secondary N) is 2. The molecule has 5 fully saturated rings. The molecular formula is C21H34N2O2. The van der Waals surface area contributed by atoms with Crippen LogP contribution in [0.15, 0.2) is 0 Å². The predicted molar refractivity (Wildman–Crippen MR) is 97.8 cm³/mol. The highest BCUT2D eigenvalue weighted by Crippen LogP contribution is 2.61. The van der Waals surface area contributed by atoms with Crippen molar-refractivity contribution >= 4 is 11.8 Å². The number of rotatable bonds is 6. The Bertz CT molecular complexity index is 475. The van der Waals surface area contributed by atoms with Gasteiger partial charge in [-0.3, -0.25) is 9.59 Å². The standard InChI is InChI=1S/C21H34N2O2/c24-19(23-14-20(25)22-13-15-4-2-1-3-5-15)12-21-9-16-6-17(10-21)8-18(7-16)11-21/h15-18H,1-14H2,(H,22,25)(H,23,24). The first-order chi connectivity index (χ1) is 12.1. The Hall–Kier alpha value is -1.06. The maximum atomic E-state index is 12.4. The zero-order valence-corrected chi connectivity index (χ0v) is 15.5. The van der Waals surface area contributed by atoms with Crippen LogP contribution in [0.2, 0.25) is 0 Å². The molecule has 0 aromatic heterocycles. The summed E-state index contributed by atoms with van der Waals surface area (Å²) in [4.78, 5) is 24.5. The SMILES string of the molecule is O=C(CNC(=O)CC12CC3CC(CC(C3)C1)C2)NCC1CCCCC1. The van der Waals surface area contributed by atoms with Crippen LogP contribution in [0.3, 0.4) is 0 Å². The van der Waals surface area contributed by atoms with E-state index >= 15 is 0 Å². The van der Waals surface area contributed by atoms with E-state index in [0.717, 1.165) is 24.3 Å². The molecule has 5 aliphatic rings. The third-order valence-electron chi connectivity index (χ3n) is 7.46. The highest BCUT2D eigenvalue weighted by atomic mass is 16.2. The third kappa shape index (κ3) is 4.20. The van der Waals surface area contributed by atoms with Crippen molar-refractivity contribution in [1.82, 2.24) is 10.6 Å². The molecule has 0 atom stereocenters. The van der Waals surface area contributed by atoms with Crippen LogP contribution in [-0.4, -0.2) is 24.9 Å². The van der Waals surface area contributed by atoms with Gasteiger partial charge in [-0.05, 0) is 80.5 Å². The Labute approximate surface area is 151 Å². The van der Waals surface area contributed by atoms with Gasteiger partial charge in [0, 0.05) is 13.0 Å². The fraction of sp³-hybridized carbons (Fsp3) is 0.905. The summed E-state index contributed by atoms with van der Waals surface area (Å²) in [7, 11) is 0. The zero-order chi connectivity index (χ0) is 17.3. The Morgan fingerprint density at radius 1 is 0.800 bits per heavy atom. The Kier molecular flexibility index (Phi) is 5.06. The van der Waals surface area contributed by atoms with Crippen LogP contribution in [-0.2, 0) is 9.59 Å². The van der Waals surface area contributed by atoms with Gasteiger partial charge in [-0.1, -0.05) is 19.3 Å². The Morgan fingerprint density at radius 2 is 1.40 bits per heavy atom. The van der Waals surface area contributed by atoms with E-state index in [4.69, 9.17) is 0 Å². The summed E-state index contributed by atoms with van der Waals surface area (Å²) in [5.74, 6) is 3.33. The van der Waals surface area contributed by atoms with Gasteiger partial charge in [0.15, 0.2) is 0 Å². The third-order valence-corrected chi connectivity index (χ3v) is 7.46. The fourth-order valence-electron chi connectivity index (χ4n) is 6.80. The molecule has 0 spiro atoms. The van der Waals surface area contributed by atoms with Gasteiger partial charge in [0.05, 0.1) is 6.54 Å². The van der Waals surface area contributed by atoms with E-state index in [9.17, 15) is 9.59 Å². The summed E-state index contributed by atoms with van der Waals surface area (Å²) < 4.78 is 0. The lowest BCUT2D eigenvalue weighted by Crippen LogP contribution is -2.48. The van der Waals surface area contributed by atoms with Gasteiger partial charge < -0.3 is 10.6 Å². The van der Waals surface area contributed by atoms with Crippen LogP contribution < -0.4 is 10.6 Å². The summed E-state index contributed by atoms with van der Waals surface area (Å²) in [6.45, 7) is 0.932. The second kappa shape index (κ2) is 7.28. The van der Waals surface area contributed by atoms with Gasteiger partial charge in [0.25, 0.3) is 0 Å². The minimum atomic E-state index is -0.0237. The molecule has 0 aromatic rings. The molecule has 25 heavy (non-hydrogen) atoms. The van der Waals surface area contributed by atoms with Gasteiger partial charge in [0.1, 0.15) is 0 Å². The molecule has 4 bridgehead atoms. The van der Waals surface area contributed by atoms with Crippen molar-refractivity contribution in [3.8, 4) is 0 Å². The van der Waals surface area contributed by atoms with E-state index < -0.39 is 0 Å². The van der Waals surface area contributed by atoms with Crippen molar-refractivity contribution < 1.29 is 9.59 Å². The van der Waals surface area contributed by atoms with Gasteiger partial charge in [-0.25, -0.2) is 0 Å². The maximum Gasteiger partial charge on any atom is 0.239 e. The van der Waals surface area contributed by atoms with E-state index in [1.165, 1.54) is 70.6 Å². The van der Waals surface area contributed by atoms with Crippen LogP contribution in [0.4, 0.5) is 0 Å². The second-order valence-corrected chi connectivity index (χ2v) is 9.68. The topological polar surface area (TPSA) is 58.2 Å². The molecule has 5 saturated carbocycles. The lowest BCUT2D eigenvalue weighted by atomic mass is 9.49. The first-order valence-electron chi connectivity index (χ1n) is 10.6. The molecule has 0 heterocycles. The molecule has 4 nitrogen and oxygen atoms in total. The molecule has 4 heteroatoms. The van der Waals surface area contributed by atoms with E-state index in [-0.39, 0.29) is 23.8 Å². The Balaban J connectivity index is 1.18. The van der Waals surface area contributed by atoms with Gasteiger partial charge in [-0.2, -0.15) is 0 Å². The monoisotopic (exact) mass is 346 g/mol. The first kappa shape index (κ1) is 17.4. The van der Waals surface area contributed by atoms with E-state index in [0.29, 0.717) is 12.3 Å². The van der Waals surface area contributed by atoms with Crippen LogP contribution in [0.25, 0.3) is 0 Å². The number of hydrogen-bond donors (Lipinski definition) is 2. The molecule has 0 unspecified atom stereocenters. The van der Waals surface area contributed by atoms with Crippen molar-refractivity contribution in [3.05, 3.63) is 0 Å². The van der Waals surface area contributed by atoms with Gasteiger partial charge in [-0.15, -0.1) is 0 Å². The highest BCUT2D eigenvalue weighted by Gasteiger charge is 2.51. The second-order valence-electron chi connectivity index (χ2n) is 9.68. The van der Waals surface area contributed by atoms with E-state index in [2.05, 4.69) is 10.6 Å². The smallest absolute Gasteiger partial charge is 0.239 e. The predicted octanol–water partition coefficient (Wildman–Crippen LogP) is 3.41. The van der Waals surface area contributed by atoms with Crippen LogP contribution >= 0.6 is 0 Å². The first-order valence-corrected chi connectivity index (χ1v) is 10.6. The Morgan fingerprint density at radius 3 is 2.00 bits per heavy atom. The lowest BCUT2D eigenvalue weighted by Gasteiger charge is -2.56. The summed E-state index contributed by atoms with van der Waals surface area (Å²) in [5, 5.41) is 5.91. The van der Waals surface area contributed by atoms with Crippen molar-refractivity contribution in [2.75, 3.05) is 13.1 Å². The molecule has 0 aromatic carbocycles. The van der Waals surface area contributed by atoms with Crippen molar-refractivity contribution in [3.63, 3.8) is 0 Å². The molecule has 5 aliphatic carbocycles. The average molecular weight is 347 g/mol. The van der Waals surface area contributed by atoms with Crippen molar-refractivity contribution in [2.24, 2.45) is 29.1 Å². The quantitative estimate of drug-likeness (QED) is 0.774. The van der Waals surface area contributed by atoms with Gasteiger partial charge in [0.2, 0.25) is 11.8 Å². The number of carbonyl (C=O) groups is 2. The summed E-state index contributed by atoms with van der Waals surface area (Å²) in [6.07, 6.45) is 15.0. The molecule has 2 N–H and O–H groups in total. The molecular weight excluding hydrogens is 312 g/mol. The van der Waals surface area contributed by atoms with Crippen LogP contribution in [0.1, 0.15) is 77.0 Å². The number of amides is 2. The van der Waals surface area contributed by atoms with E-state index in [1.807, 2.05) is 0 Å². The molecule has 5 rings (SSSR count). The minimum absolute atomic E-state index is 0.0237. The summed E-state index contributed by atoms with van der Waals surface area (Å²) >= 11 is 0. The zero-order valence-electron chi connectivity index (χ0n) is 15.5. The normalized spacial score (nSPS) is 37.0. The minimum Gasteiger partial charge on any atom is -0.354 e. The van der Waals surface area contributed by atoms with Crippen LogP contribution in [0, 0.1) is 29.1 Å². The molecule has 0 radical (unpaired) electrons. The fourth-order valence-corrected chi connectivity index (χ4v) is 6.80. The number of carbonyl (C=O) groups excluding carboxylic acids is 2. The lowest BCUT2D eigenvalue weighted by molar-refractivity contribution is -0.132. The largest absolute Gasteiger partial charge is 0.354 e. The van der Waals surface area contributed by atoms with E-state index in [1.54, 1.807) is 0 Å². The molecule has 140 valence electrons. The molecule has 0 saturated heterocycles. The average Bonchev–Trinajstić information content (AvgIpc) is 2.57. The van der Waals surface area contributed by atoms with Crippen molar-refractivity contribution in [1.29, 1.82) is 0 Å². The molecule has 0 aliphatic heterocycles. The number of hydrogen-bond acceptors (Lipinski definition) is 2. The highest BCUT2D eigenvalue weighted by molar-refractivity contribution is 5.84. The van der Waals surface area contributed by atoms with Gasteiger partial charge >= 0.3 is 0 Å². The summed E-state index contributed by atoms with van der Waals surface area (Å²) in [5.41, 5.74) is 0.261. The summed E-state index contributed by atoms with van der Waals surface area (Å²) in [6, 6.07) is 0. The maximum absolute atomic E-state index is 12.4. The van der Waals surface area contributed by atoms with Crippen molar-refractivity contribution in [2.45, 2.75) is 77.0 Å².